The number of hydrogen-bond acceptors (Lipinski definition) is 3. The number of carboxylic acid groups (broad SMARTS) is 1. The predicted molar refractivity (Wildman–Crippen MR) is 64.6 cm³/mol. The lowest BCUT2D eigenvalue weighted by Gasteiger charge is -2.29. The smallest absolute Gasteiger partial charge is 0.306 e. The van der Waals surface area contributed by atoms with Crippen LogP contribution in [0, 0.1) is 5.92 Å². The molecular formula is C12H25NO3. The van der Waals surface area contributed by atoms with Gasteiger partial charge in [0.1, 0.15) is 0 Å². The summed E-state index contributed by atoms with van der Waals surface area (Å²) in [5.41, 5.74) is 0. The molecule has 0 bridgehead atoms. The molecule has 0 unspecified atom stereocenters. The molecule has 0 amide bonds. The molecule has 1 rings (SSSR count). The molecule has 0 aliphatic carbocycles. The van der Waals surface area contributed by atoms with Crippen LogP contribution in [-0.2, 0) is 9.53 Å². The SMILES string of the molecule is CCC.COCCN1CCC(C(=O)O)CC1. The van der Waals surface area contributed by atoms with Crippen molar-refractivity contribution in [3.63, 3.8) is 0 Å². The van der Waals surface area contributed by atoms with Crippen molar-refractivity contribution < 1.29 is 14.6 Å². The van der Waals surface area contributed by atoms with Crippen LogP contribution in [-0.4, -0.2) is 49.3 Å². The monoisotopic (exact) mass is 231 g/mol. The number of aliphatic carboxylic acids is 1. The lowest BCUT2D eigenvalue weighted by atomic mass is 9.97. The van der Waals surface area contributed by atoms with Crippen molar-refractivity contribution in [2.75, 3.05) is 33.4 Å². The Labute approximate surface area is 98.6 Å². The van der Waals surface area contributed by atoms with Crippen molar-refractivity contribution in [1.29, 1.82) is 0 Å². The Kier molecular flexibility index (Phi) is 9.24. The topological polar surface area (TPSA) is 49.8 Å². The van der Waals surface area contributed by atoms with Crippen LogP contribution in [0.4, 0.5) is 0 Å². The minimum absolute atomic E-state index is 0.126. The van der Waals surface area contributed by atoms with E-state index in [2.05, 4.69) is 18.7 Å². The second kappa shape index (κ2) is 9.60. The molecule has 0 atom stereocenters. The first kappa shape index (κ1) is 15.4. The zero-order valence-corrected chi connectivity index (χ0v) is 10.7. The third-order valence-corrected chi connectivity index (χ3v) is 2.55. The summed E-state index contributed by atoms with van der Waals surface area (Å²) >= 11 is 0. The number of piperidine rings is 1. The van der Waals surface area contributed by atoms with Gasteiger partial charge in [-0.2, -0.15) is 0 Å². The van der Waals surface area contributed by atoms with Gasteiger partial charge >= 0.3 is 5.97 Å². The molecule has 1 aliphatic rings. The summed E-state index contributed by atoms with van der Waals surface area (Å²) in [6.07, 6.45) is 2.80. The third kappa shape index (κ3) is 6.80. The van der Waals surface area contributed by atoms with Crippen LogP contribution in [0.1, 0.15) is 33.1 Å². The number of likely N-dealkylation sites (tertiary alicyclic amines) is 1. The predicted octanol–water partition coefficient (Wildman–Crippen LogP) is 1.85. The van der Waals surface area contributed by atoms with E-state index in [-0.39, 0.29) is 5.92 Å². The molecule has 0 spiro atoms. The minimum Gasteiger partial charge on any atom is -0.481 e. The normalized spacial score (nSPS) is 17.7. The van der Waals surface area contributed by atoms with E-state index in [0.29, 0.717) is 0 Å². The fourth-order valence-electron chi connectivity index (χ4n) is 1.62. The van der Waals surface area contributed by atoms with E-state index in [1.165, 1.54) is 6.42 Å². The third-order valence-electron chi connectivity index (χ3n) is 2.55. The van der Waals surface area contributed by atoms with E-state index >= 15 is 0 Å². The summed E-state index contributed by atoms with van der Waals surface area (Å²) < 4.78 is 4.96. The van der Waals surface area contributed by atoms with Crippen molar-refractivity contribution in [3.8, 4) is 0 Å². The zero-order valence-electron chi connectivity index (χ0n) is 10.7. The molecule has 0 saturated carbocycles. The van der Waals surface area contributed by atoms with Crippen molar-refractivity contribution in [2.24, 2.45) is 5.92 Å². The van der Waals surface area contributed by atoms with E-state index in [9.17, 15) is 4.79 Å². The lowest BCUT2D eigenvalue weighted by Crippen LogP contribution is -2.37. The Hall–Kier alpha value is -0.610. The second-order valence-electron chi connectivity index (χ2n) is 4.15. The molecule has 1 N–H and O–H groups in total. The number of carbonyl (C=O) groups is 1. The highest BCUT2D eigenvalue weighted by Gasteiger charge is 2.23. The van der Waals surface area contributed by atoms with Gasteiger partial charge in [-0.3, -0.25) is 4.79 Å². The van der Waals surface area contributed by atoms with Crippen LogP contribution in [0.5, 0.6) is 0 Å². The molecule has 1 aliphatic heterocycles. The first-order valence-electron chi connectivity index (χ1n) is 6.09. The first-order valence-corrected chi connectivity index (χ1v) is 6.09. The summed E-state index contributed by atoms with van der Waals surface area (Å²) in [6.45, 7) is 7.68. The summed E-state index contributed by atoms with van der Waals surface area (Å²) in [6, 6.07) is 0. The molecule has 1 fully saturated rings. The van der Waals surface area contributed by atoms with Gasteiger partial charge in [0.15, 0.2) is 0 Å². The van der Waals surface area contributed by atoms with Crippen molar-refractivity contribution in [2.45, 2.75) is 33.1 Å². The van der Waals surface area contributed by atoms with E-state index in [0.717, 1.165) is 39.1 Å². The van der Waals surface area contributed by atoms with Crippen LogP contribution in [0.3, 0.4) is 0 Å². The van der Waals surface area contributed by atoms with Crippen molar-refractivity contribution >= 4 is 5.97 Å². The summed E-state index contributed by atoms with van der Waals surface area (Å²) in [4.78, 5) is 12.9. The van der Waals surface area contributed by atoms with Gasteiger partial charge in [-0.05, 0) is 25.9 Å². The number of rotatable bonds is 4. The fourth-order valence-corrected chi connectivity index (χ4v) is 1.62. The summed E-state index contributed by atoms with van der Waals surface area (Å²) in [5, 5.41) is 8.76. The number of carboxylic acids is 1. The van der Waals surface area contributed by atoms with Gasteiger partial charge in [-0.15, -0.1) is 0 Å². The molecule has 0 aromatic heterocycles. The molecule has 96 valence electrons. The van der Waals surface area contributed by atoms with Crippen molar-refractivity contribution in [1.82, 2.24) is 4.90 Å². The molecule has 0 aromatic rings. The van der Waals surface area contributed by atoms with Crippen LogP contribution in [0.15, 0.2) is 0 Å². The summed E-state index contributed by atoms with van der Waals surface area (Å²) in [7, 11) is 1.68. The van der Waals surface area contributed by atoms with E-state index < -0.39 is 5.97 Å². The highest BCUT2D eigenvalue weighted by Crippen LogP contribution is 2.16. The van der Waals surface area contributed by atoms with Gasteiger partial charge in [0.2, 0.25) is 0 Å². The van der Waals surface area contributed by atoms with E-state index in [1.807, 2.05) is 0 Å². The van der Waals surface area contributed by atoms with Gasteiger partial charge in [-0.25, -0.2) is 0 Å². The van der Waals surface area contributed by atoms with Crippen LogP contribution < -0.4 is 0 Å². The number of ether oxygens (including phenoxy) is 1. The number of hydrogen-bond donors (Lipinski definition) is 1. The maximum atomic E-state index is 10.6. The highest BCUT2D eigenvalue weighted by atomic mass is 16.5. The Morgan fingerprint density at radius 1 is 1.38 bits per heavy atom. The molecule has 0 radical (unpaired) electrons. The molecule has 0 aromatic carbocycles. The van der Waals surface area contributed by atoms with E-state index in [1.54, 1.807) is 7.11 Å². The van der Waals surface area contributed by atoms with Gasteiger partial charge in [0.25, 0.3) is 0 Å². The van der Waals surface area contributed by atoms with Crippen LogP contribution in [0.2, 0.25) is 0 Å². The maximum Gasteiger partial charge on any atom is 0.306 e. The minimum atomic E-state index is -0.647. The molecule has 1 heterocycles. The molecule has 16 heavy (non-hydrogen) atoms. The molecule has 1 saturated heterocycles. The number of methoxy groups -OCH3 is 1. The Bertz CT molecular complexity index is 177. The first-order chi connectivity index (χ1) is 7.65. The average molecular weight is 231 g/mol. The Morgan fingerprint density at radius 2 is 1.88 bits per heavy atom. The van der Waals surface area contributed by atoms with Gasteiger partial charge in [0.05, 0.1) is 12.5 Å². The highest BCUT2D eigenvalue weighted by molar-refractivity contribution is 5.70. The largest absolute Gasteiger partial charge is 0.481 e. The van der Waals surface area contributed by atoms with E-state index in [4.69, 9.17) is 9.84 Å². The van der Waals surface area contributed by atoms with Crippen molar-refractivity contribution in [3.05, 3.63) is 0 Å². The van der Waals surface area contributed by atoms with Gasteiger partial charge in [0, 0.05) is 13.7 Å². The lowest BCUT2D eigenvalue weighted by molar-refractivity contribution is -0.143. The number of nitrogens with zero attached hydrogens (tertiary/aromatic N) is 1. The molecule has 4 nitrogen and oxygen atoms in total. The van der Waals surface area contributed by atoms with Gasteiger partial charge < -0.3 is 14.7 Å². The summed E-state index contributed by atoms with van der Waals surface area (Å²) in [5.74, 6) is -0.773. The standard InChI is InChI=1S/C9H17NO3.C3H8/c1-13-7-6-10-4-2-8(3-5-10)9(11)12;1-3-2/h8H,2-7H2,1H3,(H,11,12);3H2,1-2H3. The zero-order chi connectivity index (χ0) is 12.4. The second-order valence-corrected chi connectivity index (χ2v) is 4.15. The maximum absolute atomic E-state index is 10.6. The Balaban J connectivity index is 0.000000673. The van der Waals surface area contributed by atoms with Crippen LogP contribution >= 0.6 is 0 Å². The Morgan fingerprint density at radius 3 is 2.25 bits per heavy atom. The fraction of sp³-hybridized carbons (Fsp3) is 0.917. The molecular weight excluding hydrogens is 206 g/mol. The quantitative estimate of drug-likeness (QED) is 0.802. The molecule has 4 heteroatoms. The van der Waals surface area contributed by atoms with Gasteiger partial charge in [-0.1, -0.05) is 20.3 Å². The van der Waals surface area contributed by atoms with Crippen LogP contribution in [0.25, 0.3) is 0 Å². The average Bonchev–Trinajstić information content (AvgIpc) is 2.28.